The average molecular weight is 276 g/mol. The van der Waals surface area contributed by atoms with Crippen molar-refractivity contribution >= 4 is 28.6 Å². The lowest BCUT2D eigenvalue weighted by Gasteiger charge is -1.99. The number of hydrogen-bond donors (Lipinski definition) is 0. The molecule has 0 saturated heterocycles. The van der Waals surface area contributed by atoms with Gasteiger partial charge in [0.2, 0.25) is 0 Å². The third-order valence-electron chi connectivity index (χ3n) is 1.41. The lowest BCUT2D eigenvalue weighted by Crippen LogP contribution is -2.05. The van der Waals surface area contributed by atoms with Crippen LogP contribution in [0.4, 0.5) is 0 Å². The minimum atomic E-state index is -0.171. The number of alkyl halides is 1. The number of hydrogen-bond acceptors (Lipinski definition) is 2. The van der Waals surface area contributed by atoms with Crippen LogP contribution in [-0.4, -0.2) is 10.6 Å². The molecule has 0 heterocycles. The highest BCUT2D eigenvalue weighted by atomic mass is 127. The number of rotatable bonds is 3. The molecule has 0 saturated carbocycles. The second kappa shape index (κ2) is 5.13. The highest BCUT2D eigenvalue weighted by Gasteiger charge is 2.01. The molecule has 0 bridgehead atoms. The van der Waals surface area contributed by atoms with Crippen molar-refractivity contribution in [1.29, 1.82) is 0 Å². The summed E-state index contributed by atoms with van der Waals surface area (Å²) >= 11 is 2.00. The van der Waals surface area contributed by atoms with Gasteiger partial charge in [-0.2, -0.15) is 0 Å². The molecule has 1 aromatic rings. The molecule has 0 unspecified atom stereocenters. The quantitative estimate of drug-likeness (QED) is 0.480. The number of ether oxygens (including phenoxy) is 1. The van der Waals surface area contributed by atoms with Gasteiger partial charge >= 0.3 is 5.97 Å². The minimum absolute atomic E-state index is 0.171. The number of benzene rings is 1. The van der Waals surface area contributed by atoms with Crippen molar-refractivity contribution in [3.05, 3.63) is 35.9 Å². The van der Waals surface area contributed by atoms with Crippen LogP contribution in [0.25, 0.3) is 0 Å². The first kappa shape index (κ1) is 9.51. The molecule has 2 nitrogen and oxygen atoms in total. The summed E-state index contributed by atoms with van der Waals surface area (Å²) in [7, 11) is 0. The van der Waals surface area contributed by atoms with E-state index in [1.54, 1.807) is 0 Å². The molecule has 64 valence electrons. The molecular formula is C9H9IO2. The first-order valence-corrected chi connectivity index (χ1v) is 5.11. The van der Waals surface area contributed by atoms with Gasteiger partial charge in [-0.15, -0.1) is 0 Å². The summed E-state index contributed by atoms with van der Waals surface area (Å²) in [6.45, 7) is 0. The van der Waals surface area contributed by atoms with Gasteiger partial charge in [-0.05, 0) is 28.2 Å². The van der Waals surface area contributed by atoms with Crippen LogP contribution in [0.2, 0.25) is 0 Å². The maximum absolute atomic E-state index is 11.0. The van der Waals surface area contributed by atoms with Crippen LogP contribution in [0, 0.1) is 0 Å². The molecule has 0 amide bonds. The predicted molar refractivity (Wildman–Crippen MR) is 55.1 cm³/mol. The number of carbonyl (C=O) groups is 1. The Labute approximate surface area is 85.1 Å². The van der Waals surface area contributed by atoms with E-state index in [1.807, 2.05) is 52.9 Å². The molecule has 1 rings (SSSR count). The molecule has 0 N–H and O–H groups in total. The maximum atomic E-state index is 11.0. The summed E-state index contributed by atoms with van der Waals surface area (Å²) in [5.41, 5.74) is 0.993. The third-order valence-corrected chi connectivity index (χ3v) is 1.72. The normalized spacial score (nSPS) is 9.42. The van der Waals surface area contributed by atoms with Crippen molar-refractivity contribution in [3.8, 4) is 0 Å². The summed E-state index contributed by atoms with van der Waals surface area (Å²) in [4.78, 5) is 11.0. The fourth-order valence-electron chi connectivity index (χ4n) is 0.874. The highest BCUT2D eigenvalue weighted by Crippen LogP contribution is 2.01. The van der Waals surface area contributed by atoms with Crippen LogP contribution in [0.1, 0.15) is 5.56 Å². The van der Waals surface area contributed by atoms with E-state index in [-0.39, 0.29) is 5.97 Å². The average Bonchev–Trinajstić information content (AvgIpc) is 2.06. The Morgan fingerprint density at radius 1 is 1.33 bits per heavy atom. The fourth-order valence-corrected chi connectivity index (χ4v) is 1.22. The van der Waals surface area contributed by atoms with Crippen molar-refractivity contribution in [2.45, 2.75) is 6.42 Å². The van der Waals surface area contributed by atoms with Crippen LogP contribution in [0.15, 0.2) is 30.3 Å². The van der Waals surface area contributed by atoms with Crippen LogP contribution in [0.3, 0.4) is 0 Å². The molecule has 0 aliphatic heterocycles. The van der Waals surface area contributed by atoms with Gasteiger partial charge < -0.3 is 4.74 Å². The number of esters is 1. The number of halogens is 1. The molecule has 0 aromatic heterocycles. The monoisotopic (exact) mass is 276 g/mol. The predicted octanol–water partition coefficient (Wildman–Crippen LogP) is 2.16. The van der Waals surface area contributed by atoms with Gasteiger partial charge in [0.25, 0.3) is 0 Å². The summed E-state index contributed by atoms with van der Waals surface area (Å²) in [5.74, 6) is -0.171. The first-order valence-electron chi connectivity index (χ1n) is 3.58. The maximum Gasteiger partial charge on any atom is 0.311 e. The van der Waals surface area contributed by atoms with E-state index in [9.17, 15) is 4.79 Å². The Balaban J connectivity index is 2.47. The third kappa shape index (κ3) is 3.21. The standard InChI is InChI=1S/C9H9IO2/c10-7-12-9(11)6-8-4-2-1-3-5-8/h1-5H,6-7H2. The van der Waals surface area contributed by atoms with E-state index < -0.39 is 0 Å². The van der Waals surface area contributed by atoms with Crippen molar-refractivity contribution < 1.29 is 9.53 Å². The minimum Gasteiger partial charge on any atom is -0.455 e. The van der Waals surface area contributed by atoms with Gasteiger partial charge in [-0.1, -0.05) is 30.3 Å². The largest absolute Gasteiger partial charge is 0.455 e. The van der Waals surface area contributed by atoms with Crippen molar-refractivity contribution in [2.24, 2.45) is 0 Å². The van der Waals surface area contributed by atoms with E-state index in [2.05, 4.69) is 0 Å². The Morgan fingerprint density at radius 3 is 2.58 bits per heavy atom. The van der Waals surface area contributed by atoms with Crippen LogP contribution >= 0.6 is 22.6 Å². The lowest BCUT2D eigenvalue weighted by atomic mass is 10.2. The van der Waals surface area contributed by atoms with Gasteiger partial charge in [0.05, 0.1) is 6.42 Å². The van der Waals surface area contributed by atoms with Gasteiger partial charge in [-0.25, -0.2) is 0 Å². The first-order chi connectivity index (χ1) is 5.83. The van der Waals surface area contributed by atoms with E-state index >= 15 is 0 Å². The van der Waals surface area contributed by atoms with Crippen LogP contribution < -0.4 is 0 Å². The van der Waals surface area contributed by atoms with Crippen LogP contribution in [0.5, 0.6) is 0 Å². The zero-order valence-corrected chi connectivity index (χ0v) is 8.65. The SMILES string of the molecule is O=C(Cc1ccccc1)OCI. The van der Waals surface area contributed by atoms with E-state index in [0.717, 1.165) is 5.56 Å². The molecule has 0 spiro atoms. The molecule has 0 fully saturated rings. The van der Waals surface area contributed by atoms with Crippen molar-refractivity contribution in [1.82, 2.24) is 0 Å². The van der Waals surface area contributed by atoms with Crippen molar-refractivity contribution in [2.75, 3.05) is 4.61 Å². The fraction of sp³-hybridized carbons (Fsp3) is 0.222. The second-order valence-corrected chi connectivity index (χ2v) is 2.91. The van der Waals surface area contributed by atoms with E-state index in [4.69, 9.17) is 4.74 Å². The number of carbonyl (C=O) groups excluding carboxylic acids is 1. The second-order valence-electron chi connectivity index (χ2n) is 2.29. The summed E-state index contributed by atoms with van der Waals surface area (Å²) in [5, 5.41) is 0. The summed E-state index contributed by atoms with van der Waals surface area (Å²) in [6, 6.07) is 9.56. The van der Waals surface area contributed by atoms with Crippen LogP contribution in [-0.2, 0) is 16.0 Å². The molecule has 0 radical (unpaired) electrons. The van der Waals surface area contributed by atoms with Crippen molar-refractivity contribution in [3.63, 3.8) is 0 Å². The molecule has 0 aliphatic carbocycles. The Bertz CT molecular complexity index is 246. The molecule has 1 aromatic carbocycles. The molecular weight excluding hydrogens is 267 g/mol. The zero-order chi connectivity index (χ0) is 8.81. The van der Waals surface area contributed by atoms with Gasteiger partial charge in [0.1, 0.15) is 4.61 Å². The van der Waals surface area contributed by atoms with E-state index in [1.165, 1.54) is 0 Å². The Kier molecular flexibility index (Phi) is 4.07. The molecule has 3 heteroatoms. The lowest BCUT2D eigenvalue weighted by molar-refractivity contribution is -0.140. The molecule has 0 atom stereocenters. The Morgan fingerprint density at radius 2 is 2.00 bits per heavy atom. The Hall–Kier alpha value is -0.580. The summed E-state index contributed by atoms with van der Waals surface area (Å²) < 4.78 is 5.21. The smallest absolute Gasteiger partial charge is 0.311 e. The van der Waals surface area contributed by atoms with Gasteiger partial charge in [0.15, 0.2) is 0 Å². The summed E-state index contributed by atoms with van der Waals surface area (Å²) in [6.07, 6.45) is 0.365. The van der Waals surface area contributed by atoms with E-state index in [0.29, 0.717) is 11.0 Å². The van der Waals surface area contributed by atoms with Gasteiger partial charge in [-0.3, -0.25) is 4.79 Å². The van der Waals surface area contributed by atoms with Gasteiger partial charge in [0, 0.05) is 0 Å². The highest BCUT2D eigenvalue weighted by molar-refractivity contribution is 14.1. The molecule has 0 aliphatic rings. The topological polar surface area (TPSA) is 26.3 Å². The zero-order valence-electron chi connectivity index (χ0n) is 6.50. The molecule has 12 heavy (non-hydrogen) atoms.